The summed E-state index contributed by atoms with van der Waals surface area (Å²) in [6, 6.07) is 10.1. The van der Waals surface area contributed by atoms with Gasteiger partial charge in [0.1, 0.15) is 0 Å². The summed E-state index contributed by atoms with van der Waals surface area (Å²) in [7, 11) is 1.61. The molecule has 28 heavy (non-hydrogen) atoms. The second-order valence-electron chi connectivity index (χ2n) is 7.22. The normalized spacial score (nSPS) is 16.6. The third-order valence-corrected chi connectivity index (χ3v) is 4.98. The van der Waals surface area contributed by atoms with Gasteiger partial charge in [0.15, 0.2) is 0 Å². The van der Waals surface area contributed by atoms with E-state index in [2.05, 4.69) is 12.1 Å². The second kappa shape index (κ2) is 11.4. The van der Waals surface area contributed by atoms with Crippen molar-refractivity contribution < 1.29 is 24.2 Å². The second-order valence-corrected chi connectivity index (χ2v) is 7.22. The highest BCUT2D eigenvalue weighted by Gasteiger charge is 2.28. The molecular weight excluding hydrogens is 360 g/mol. The highest BCUT2D eigenvalue weighted by Crippen LogP contribution is 2.17. The summed E-state index contributed by atoms with van der Waals surface area (Å²) < 4.78 is 5.58. The van der Waals surface area contributed by atoms with Crippen LogP contribution in [0.25, 0.3) is 0 Å². The number of carboxylic acids is 1. The van der Waals surface area contributed by atoms with Crippen LogP contribution in [-0.4, -0.2) is 72.6 Å². The van der Waals surface area contributed by atoms with Gasteiger partial charge >= 0.3 is 5.97 Å². The van der Waals surface area contributed by atoms with Gasteiger partial charge < -0.3 is 19.6 Å². The molecule has 1 aromatic rings. The number of hydrogen-bond acceptors (Lipinski definition) is 4. The summed E-state index contributed by atoms with van der Waals surface area (Å²) in [5.74, 6) is -1.67. The van der Waals surface area contributed by atoms with Crippen LogP contribution < -0.4 is 0 Å². The molecule has 0 saturated carbocycles. The van der Waals surface area contributed by atoms with Gasteiger partial charge in [-0.25, -0.2) is 0 Å². The highest BCUT2D eigenvalue weighted by atomic mass is 16.5. The van der Waals surface area contributed by atoms with E-state index in [0.29, 0.717) is 45.4 Å². The number of rotatable bonds is 10. The molecule has 0 aliphatic carbocycles. The van der Waals surface area contributed by atoms with Gasteiger partial charge in [0.05, 0.1) is 19.1 Å². The Morgan fingerprint density at radius 3 is 2.68 bits per heavy atom. The van der Waals surface area contributed by atoms with Gasteiger partial charge in [0.2, 0.25) is 11.8 Å². The molecule has 1 atom stereocenters. The van der Waals surface area contributed by atoms with E-state index in [1.807, 2.05) is 18.2 Å². The van der Waals surface area contributed by atoms with Gasteiger partial charge in [-0.15, -0.1) is 0 Å². The summed E-state index contributed by atoms with van der Waals surface area (Å²) in [6.45, 7) is 1.89. The molecule has 1 aromatic carbocycles. The molecule has 2 amide bonds. The molecule has 1 fully saturated rings. The Balaban J connectivity index is 1.60. The molecule has 7 heteroatoms. The molecule has 1 heterocycles. The number of benzene rings is 1. The molecule has 0 spiro atoms. The maximum absolute atomic E-state index is 12.3. The fourth-order valence-corrected chi connectivity index (χ4v) is 3.25. The Hall–Kier alpha value is -2.41. The van der Waals surface area contributed by atoms with Gasteiger partial charge in [-0.05, 0) is 31.2 Å². The predicted octanol–water partition coefficient (Wildman–Crippen LogP) is 1.81. The predicted molar refractivity (Wildman–Crippen MR) is 105 cm³/mol. The Bertz CT molecular complexity index is 649. The summed E-state index contributed by atoms with van der Waals surface area (Å²) in [6.07, 6.45) is 3.05. The lowest BCUT2D eigenvalue weighted by molar-refractivity contribution is -0.147. The molecule has 154 valence electrons. The van der Waals surface area contributed by atoms with Crippen molar-refractivity contribution in [2.45, 2.75) is 32.1 Å². The minimum atomic E-state index is -0.866. The zero-order chi connectivity index (χ0) is 20.4. The zero-order valence-electron chi connectivity index (χ0n) is 16.5. The third kappa shape index (κ3) is 7.31. The Morgan fingerprint density at radius 1 is 1.21 bits per heavy atom. The molecule has 1 saturated heterocycles. The van der Waals surface area contributed by atoms with E-state index in [1.165, 1.54) is 10.5 Å². The minimum Gasteiger partial charge on any atom is -0.481 e. The summed E-state index contributed by atoms with van der Waals surface area (Å²) >= 11 is 0. The van der Waals surface area contributed by atoms with Gasteiger partial charge in [-0.3, -0.25) is 14.4 Å². The molecule has 2 rings (SSSR count). The first-order chi connectivity index (χ1) is 13.5. The third-order valence-electron chi connectivity index (χ3n) is 4.98. The van der Waals surface area contributed by atoms with Crippen molar-refractivity contribution in [3.05, 3.63) is 35.9 Å². The van der Waals surface area contributed by atoms with E-state index in [4.69, 9.17) is 9.84 Å². The van der Waals surface area contributed by atoms with Gasteiger partial charge in [-0.1, -0.05) is 30.3 Å². The van der Waals surface area contributed by atoms with Crippen molar-refractivity contribution >= 4 is 17.8 Å². The average molecular weight is 390 g/mol. The number of likely N-dealkylation sites (N-methyl/N-ethyl adjacent to an activating group) is 1. The van der Waals surface area contributed by atoms with Crippen molar-refractivity contribution in [2.24, 2.45) is 5.92 Å². The Kier molecular flexibility index (Phi) is 8.94. The van der Waals surface area contributed by atoms with Crippen LogP contribution >= 0.6 is 0 Å². The van der Waals surface area contributed by atoms with E-state index < -0.39 is 11.9 Å². The quantitative estimate of drug-likeness (QED) is 0.616. The molecule has 1 aliphatic rings. The lowest BCUT2D eigenvalue weighted by atomic mass is 9.98. The van der Waals surface area contributed by atoms with Gasteiger partial charge in [0.25, 0.3) is 0 Å². The van der Waals surface area contributed by atoms with Crippen molar-refractivity contribution in [1.29, 1.82) is 0 Å². The van der Waals surface area contributed by atoms with Crippen LogP contribution in [0.15, 0.2) is 30.3 Å². The number of likely N-dealkylation sites (tertiary alicyclic amines) is 1. The first kappa shape index (κ1) is 21.9. The number of aliphatic carboxylic acids is 1. The van der Waals surface area contributed by atoms with Crippen molar-refractivity contribution in [3.63, 3.8) is 0 Å². The van der Waals surface area contributed by atoms with Crippen LogP contribution in [0.4, 0.5) is 0 Å². The van der Waals surface area contributed by atoms with Crippen LogP contribution in [0.1, 0.15) is 31.2 Å². The lowest BCUT2D eigenvalue weighted by Gasteiger charge is -2.32. The minimum absolute atomic E-state index is 0.0139. The van der Waals surface area contributed by atoms with Crippen LogP contribution in [-0.2, 0) is 25.5 Å². The van der Waals surface area contributed by atoms with Crippen LogP contribution in [0.2, 0.25) is 0 Å². The number of hydrogen-bond donors (Lipinski definition) is 1. The standard InChI is InChI=1S/C21H30N2O5/c1-22(16-20(25)23-12-5-9-18(15-23)21(26)27)19(24)10-6-13-28-14-11-17-7-3-2-4-8-17/h2-4,7-8,18H,5-6,9-16H2,1H3,(H,26,27). The highest BCUT2D eigenvalue weighted by molar-refractivity contribution is 5.85. The summed E-state index contributed by atoms with van der Waals surface area (Å²) in [5.41, 5.74) is 1.22. The van der Waals surface area contributed by atoms with Gasteiger partial charge in [0, 0.05) is 33.2 Å². The van der Waals surface area contributed by atoms with Crippen molar-refractivity contribution in [2.75, 3.05) is 39.9 Å². The molecule has 0 radical (unpaired) electrons. The summed E-state index contributed by atoms with van der Waals surface area (Å²) in [5, 5.41) is 9.12. The number of nitrogens with zero attached hydrogens (tertiary/aromatic N) is 2. The fraction of sp³-hybridized carbons (Fsp3) is 0.571. The van der Waals surface area contributed by atoms with E-state index in [0.717, 1.165) is 6.42 Å². The molecule has 1 aliphatic heterocycles. The smallest absolute Gasteiger partial charge is 0.308 e. The average Bonchev–Trinajstić information content (AvgIpc) is 2.71. The number of carbonyl (C=O) groups excluding carboxylic acids is 2. The van der Waals surface area contributed by atoms with E-state index in [-0.39, 0.29) is 24.9 Å². The number of carbonyl (C=O) groups is 3. The molecule has 0 bridgehead atoms. The number of piperidine rings is 1. The van der Waals surface area contributed by atoms with E-state index in [9.17, 15) is 14.4 Å². The van der Waals surface area contributed by atoms with E-state index >= 15 is 0 Å². The first-order valence-electron chi connectivity index (χ1n) is 9.83. The monoisotopic (exact) mass is 390 g/mol. The van der Waals surface area contributed by atoms with Crippen molar-refractivity contribution in [1.82, 2.24) is 9.80 Å². The zero-order valence-corrected chi connectivity index (χ0v) is 16.5. The van der Waals surface area contributed by atoms with Crippen LogP contribution in [0.3, 0.4) is 0 Å². The number of ether oxygens (including phenoxy) is 1. The SMILES string of the molecule is CN(CC(=O)N1CCCC(C(=O)O)C1)C(=O)CCCOCCc1ccccc1. The van der Waals surface area contributed by atoms with Crippen LogP contribution in [0.5, 0.6) is 0 Å². The topological polar surface area (TPSA) is 87.2 Å². The number of carboxylic acid groups (broad SMARTS) is 1. The molecule has 1 unspecified atom stereocenters. The largest absolute Gasteiger partial charge is 0.481 e. The maximum atomic E-state index is 12.3. The maximum Gasteiger partial charge on any atom is 0.308 e. The Morgan fingerprint density at radius 2 is 1.96 bits per heavy atom. The lowest BCUT2D eigenvalue weighted by Crippen LogP contribution is -2.46. The fourth-order valence-electron chi connectivity index (χ4n) is 3.25. The van der Waals surface area contributed by atoms with Crippen LogP contribution in [0, 0.1) is 5.92 Å². The first-order valence-corrected chi connectivity index (χ1v) is 9.83. The van der Waals surface area contributed by atoms with E-state index in [1.54, 1.807) is 11.9 Å². The molecular formula is C21H30N2O5. The van der Waals surface area contributed by atoms with Gasteiger partial charge in [-0.2, -0.15) is 0 Å². The summed E-state index contributed by atoms with van der Waals surface area (Å²) in [4.78, 5) is 38.6. The number of amides is 2. The molecule has 7 nitrogen and oxygen atoms in total. The molecule has 1 N–H and O–H groups in total. The van der Waals surface area contributed by atoms with Crippen molar-refractivity contribution in [3.8, 4) is 0 Å². The molecule has 0 aromatic heterocycles. The Labute approximate surface area is 166 Å².